The van der Waals surface area contributed by atoms with Gasteiger partial charge in [-0.2, -0.15) is 0 Å². The van der Waals surface area contributed by atoms with Gasteiger partial charge in [-0.1, -0.05) is 0 Å². The summed E-state index contributed by atoms with van der Waals surface area (Å²) in [7, 11) is 1.73. The average Bonchev–Trinajstić information content (AvgIpc) is 2.97. The van der Waals surface area contributed by atoms with Crippen molar-refractivity contribution in [3.63, 3.8) is 0 Å². The van der Waals surface area contributed by atoms with Crippen molar-refractivity contribution in [1.29, 1.82) is 0 Å². The van der Waals surface area contributed by atoms with Crippen LogP contribution in [-0.4, -0.2) is 90.8 Å². The van der Waals surface area contributed by atoms with E-state index in [0.717, 1.165) is 19.6 Å². The summed E-state index contributed by atoms with van der Waals surface area (Å²) in [6.07, 6.45) is 2.45. The van der Waals surface area contributed by atoms with E-state index >= 15 is 0 Å². The number of ether oxygens (including phenoxy) is 1. The standard InChI is InChI=1S/C13H23N3O4/c1-14(6-7-15-4-2-3-5-15)13(19)16-8-9-20-10-11(16)12(17)18/h11H,2-10H2,1H3,(H,17,18). The molecule has 2 saturated heterocycles. The molecule has 20 heavy (non-hydrogen) atoms. The maximum atomic E-state index is 12.3. The SMILES string of the molecule is CN(CCN1CCCC1)C(=O)N1CCOCC1C(=O)O. The quantitative estimate of drug-likeness (QED) is 0.782. The van der Waals surface area contributed by atoms with Crippen LogP contribution in [-0.2, 0) is 9.53 Å². The Kier molecular flexibility index (Phi) is 5.19. The van der Waals surface area contributed by atoms with E-state index in [1.165, 1.54) is 17.7 Å². The molecule has 0 aromatic heterocycles. The summed E-state index contributed by atoms with van der Waals surface area (Å²) in [4.78, 5) is 28.8. The minimum Gasteiger partial charge on any atom is -0.480 e. The van der Waals surface area contributed by atoms with Gasteiger partial charge in [-0.3, -0.25) is 0 Å². The van der Waals surface area contributed by atoms with Gasteiger partial charge in [0.05, 0.1) is 13.2 Å². The average molecular weight is 285 g/mol. The third-order valence-corrected chi connectivity index (χ3v) is 3.94. The van der Waals surface area contributed by atoms with Gasteiger partial charge in [-0.05, 0) is 25.9 Å². The van der Waals surface area contributed by atoms with Crippen LogP contribution in [0.4, 0.5) is 4.79 Å². The number of carboxylic acids is 1. The molecule has 1 unspecified atom stereocenters. The summed E-state index contributed by atoms with van der Waals surface area (Å²) in [5, 5.41) is 9.14. The van der Waals surface area contributed by atoms with Crippen molar-refractivity contribution in [3.8, 4) is 0 Å². The zero-order valence-electron chi connectivity index (χ0n) is 12.0. The number of carbonyl (C=O) groups is 2. The van der Waals surface area contributed by atoms with Gasteiger partial charge < -0.3 is 24.5 Å². The topological polar surface area (TPSA) is 73.3 Å². The maximum absolute atomic E-state index is 12.3. The fourth-order valence-corrected chi connectivity index (χ4v) is 2.65. The predicted octanol–water partition coefficient (Wildman–Crippen LogP) is -0.0806. The molecule has 2 rings (SSSR count). The smallest absolute Gasteiger partial charge is 0.328 e. The monoisotopic (exact) mass is 285 g/mol. The number of morpholine rings is 1. The van der Waals surface area contributed by atoms with Crippen molar-refractivity contribution in [1.82, 2.24) is 14.7 Å². The Morgan fingerprint density at radius 3 is 2.65 bits per heavy atom. The van der Waals surface area contributed by atoms with Crippen LogP contribution in [0.2, 0.25) is 0 Å². The van der Waals surface area contributed by atoms with Crippen molar-refractivity contribution in [2.45, 2.75) is 18.9 Å². The lowest BCUT2D eigenvalue weighted by molar-refractivity contribution is -0.147. The molecule has 2 heterocycles. The molecule has 0 aliphatic carbocycles. The van der Waals surface area contributed by atoms with Gasteiger partial charge in [-0.15, -0.1) is 0 Å². The van der Waals surface area contributed by atoms with E-state index in [9.17, 15) is 9.59 Å². The second-order valence-electron chi connectivity index (χ2n) is 5.38. The Labute approximate surface area is 119 Å². The van der Waals surface area contributed by atoms with Crippen molar-refractivity contribution < 1.29 is 19.4 Å². The van der Waals surface area contributed by atoms with Crippen LogP contribution < -0.4 is 0 Å². The van der Waals surface area contributed by atoms with Crippen LogP contribution >= 0.6 is 0 Å². The highest BCUT2D eigenvalue weighted by molar-refractivity contribution is 5.82. The highest BCUT2D eigenvalue weighted by atomic mass is 16.5. The molecule has 114 valence electrons. The van der Waals surface area contributed by atoms with Crippen LogP contribution in [0.25, 0.3) is 0 Å². The lowest BCUT2D eigenvalue weighted by Crippen LogP contribution is -2.56. The van der Waals surface area contributed by atoms with Crippen LogP contribution in [0.15, 0.2) is 0 Å². The summed E-state index contributed by atoms with van der Waals surface area (Å²) in [5.41, 5.74) is 0. The number of likely N-dealkylation sites (tertiary alicyclic amines) is 1. The first kappa shape index (κ1) is 15.1. The van der Waals surface area contributed by atoms with Crippen molar-refractivity contribution >= 4 is 12.0 Å². The second kappa shape index (κ2) is 6.90. The highest BCUT2D eigenvalue weighted by Crippen LogP contribution is 2.11. The van der Waals surface area contributed by atoms with Gasteiger partial charge in [0.2, 0.25) is 0 Å². The van der Waals surface area contributed by atoms with Crippen LogP contribution in [0.3, 0.4) is 0 Å². The van der Waals surface area contributed by atoms with E-state index in [1.54, 1.807) is 11.9 Å². The molecule has 0 spiro atoms. The molecule has 2 fully saturated rings. The Bertz CT molecular complexity index is 358. The number of aliphatic carboxylic acids is 1. The van der Waals surface area contributed by atoms with Crippen LogP contribution in [0.5, 0.6) is 0 Å². The predicted molar refractivity (Wildman–Crippen MR) is 72.6 cm³/mol. The number of rotatable bonds is 4. The van der Waals surface area contributed by atoms with Gasteiger partial charge in [0.25, 0.3) is 0 Å². The fraction of sp³-hybridized carbons (Fsp3) is 0.846. The zero-order valence-corrected chi connectivity index (χ0v) is 12.0. The first-order chi connectivity index (χ1) is 9.59. The molecule has 0 radical (unpaired) electrons. The first-order valence-electron chi connectivity index (χ1n) is 7.14. The molecule has 2 aliphatic heterocycles. The van der Waals surface area contributed by atoms with Gasteiger partial charge in [0.15, 0.2) is 6.04 Å². The van der Waals surface area contributed by atoms with Gasteiger partial charge in [0, 0.05) is 26.7 Å². The van der Waals surface area contributed by atoms with Crippen molar-refractivity contribution in [2.24, 2.45) is 0 Å². The summed E-state index contributed by atoms with van der Waals surface area (Å²) in [6, 6.07) is -1.09. The number of hydrogen-bond donors (Lipinski definition) is 1. The van der Waals surface area contributed by atoms with Crippen LogP contribution in [0.1, 0.15) is 12.8 Å². The lowest BCUT2D eigenvalue weighted by atomic mass is 10.2. The van der Waals surface area contributed by atoms with E-state index < -0.39 is 12.0 Å². The summed E-state index contributed by atoms with van der Waals surface area (Å²) >= 11 is 0. The zero-order chi connectivity index (χ0) is 14.5. The third kappa shape index (κ3) is 3.61. The van der Waals surface area contributed by atoms with E-state index in [1.807, 2.05) is 0 Å². The molecule has 0 bridgehead atoms. The van der Waals surface area contributed by atoms with E-state index in [4.69, 9.17) is 9.84 Å². The molecule has 0 saturated carbocycles. The number of nitrogens with zero attached hydrogens (tertiary/aromatic N) is 3. The van der Waals surface area contributed by atoms with Gasteiger partial charge in [0.1, 0.15) is 0 Å². The number of likely N-dealkylation sites (N-methyl/N-ethyl adjacent to an activating group) is 1. The number of urea groups is 1. The molecule has 7 heteroatoms. The Hall–Kier alpha value is -1.34. The molecule has 0 aromatic rings. The van der Waals surface area contributed by atoms with Gasteiger partial charge in [-0.25, -0.2) is 9.59 Å². The number of carboxylic acid groups (broad SMARTS) is 1. The number of hydrogen-bond acceptors (Lipinski definition) is 4. The molecule has 7 nitrogen and oxygen atoms in total. The molecular formula is C13H23N3O4. The van der Waals surface area contributed by atoms with E-state index in [2.05, 4.69) is 4.90 Å². The van der Waals surface area contributed by atoms with Crippen LogP contribution in [0, 0.1) is 0 Å². The minimum atomic E-state index is -1.01. The number of amides is 2. The fourth-order valence-electron chi connectivity index (χ4n) is 2.65. The number of carbonyl (C=O) groups excluding carboxylic acids is 1. The summed E-state index contributed by atoms with van der Waals surface area (Å²) in [5.74, 6) is -1.01. The second-order valence-corrected chi connectivity index (χ2v) is 5.38. The minimum absolute atomic E-state index is 0.0705. The lowest BCUT2D eigenvalue weighted by Gasteiger charge is -2.35. The molecular weight excluding hydrogens is 262 g/mol. The van der Waals surface area contributed by atoms with E-state index in [0.29, 0.717) is 19.7 Å². The third-order valence-electron chi connectivity index (χ3n) is 3.94. The van der Waals surface area contributed by atoms with E-state index in [-0.39, 0.29) is 12.6 Å². The van der Waals surface area contributed by atoms with Crippen molar-refractivity contribution in [3.05, 3.63) is 0 Å². The summed E-state index contributed by atoms with van der Waals surface area (Å²) in [6.45, 7) is 4.47. The van der Waals surface area contributed by atoms with Gasteiger partial charge >= 0.3 is 12.0 Å². The highest BCUT2D eigenvalue weighted by Gasteiger charge is 2.34. The normalized spacial score (nSPS) is 23.9. The Morgan fingerprint density at radius 1 is 1.30 bits per heavy atom. The summed E-state index contributed by atoms with van der Waals surface area (Å²) < 4.78 is 5.14. The molecule has 1 atom stereocenters. The molecule has 2 amide bonds. The Balaban J connectivity index is 1.85. The Morgan fingerprint density at radius 2 is 2.00 bits per heavy atom. The maximum Gasteiger partial charge on any atom is 0.328 e. The first-order valence-corrected chi connectivity index (χ1v) is 7.14. The largest absolute Gasteiger partial charge is 0.480 e. The molecule has 0 aromatic carbocycles. The van der Waals surface area contributed by atoms with Crippen molar-refractivity contribution in [2.75, 3.05) is 53.0 Å². The molecule has 1 N–H and O–H groups in total. The molecule has 2 aliphatic rings.